The third-order valence-electron chi connectivity index (χ3n) is 6.98. The normalized spacial score (nSPS) is 15.2. The minimum Gasteiger partial charge on any atom is -0.494 e. The molecule has 10 nitrogen and oxygen atoms in total. The second kappa shape index (κ2) is 11.6. The van der Waals surface area contributed by atoms with E-state index in [9.17, 15) is 17.6 Å². The van der Waals surface area contributed by atoms with Crippen molar-refractivity contribution in [3.63, 3.8) is 0 Å². The van der Waals surface area contributed by atoms with E-state index in [0.717, 1.165) is 24.2 Å². The lowest BCUT2D eigenvalue weighted by atomic mass is 10.1. The van der Waals surface area contributed by atoms with Crippen LogP contribution in [0.1, 0.15) is 22.3 Å². The van der Waals surface area contributed by atoms with Crippen LogP contribution in [0.5, 0.6) is 5.75 Å². The van der Waals surface area contributed by atoms with E-state index in [1.165, 1.54) is 13.2 Å². The van der Waals surface area contributed by atoms with Gasteiger partial charge in [0, 0.05) is 48.8 Å². The molecule has 1 amide bonds. The number of sulfone groups is 1. The monoisotopic (exact) mass is 566 g/mol. The molecular formula is C28H31FN6O4S. The number of rotatable bonds is 9. The zero-order chi connectivity index (χ0) is 28.3. The predicted molar refractivity (Wildman–Crippen MR) is 151 cm³/mol. The molecule has 0 bridgehead atoms. The smallest absolute Gasteiger partial charge is 0.251 e. The predicted octanol–water partition coefficient (Wildman–Crippen LogP) is 3.45. The molecule has 4 aromatic rings. The first-order chi connectivity index (χ1) is 19.2. The number of fused-ring (bicyclic) bond motifs is 1. The number of hydrogen-bond acceptors (Lipinski definition) is 8. The molecule has 0 aliphatic carbocycles. The Morgan fingerprint density at radius 1 is 1.12 bits per heavy atom. The summed E-state index contributed by atoms with van der Waals surface area (Å²) in [6, 6.07) is 10.2. The zero-order valence-corrected chi connectivity index (χ0v) is 23.2. The molecule has 2 aromatic heterocycles. The van der Waals surface area contributed by atoms with Gasteiger partial charge in [0.2, 0.25) is 0 Å². The molecule has 1 saturated heterocycles. The van der Waals surface area contributed by atoms with Crippen molar-refractivity contribution in [3.05, 3.63) is 71.9 Å². The Kier molecular flexibility index (Phi) is 7.99. The van der Waals surface area contributed by atoms with Crippen molar-refractivity contribution in [1.82, 2.24) is 24.6 Å². The fourth-order valence-corrected chi connectivity index (χ4v) is 6.03. The number of nitrogens with zero attached hydrogens (tertiary/aromatic N) is 4. The summed E-state index contributed by atoms with van der Waals surface area (Å²) in [5.41, 5.74) is 4.04. The number of halogens is 1. The van der Waals surface area contributed by atoms with Crippen LogP contribution in [0.4, 0.5) is 15.9 Å². The number of carbonyl (C=O) groups excluding carboxylic acids is 1. The molecule has 2 aromatic carbocycles. The maximum atomic E-state index is 14.3. The molecule has 0 saturated carbocycles. The fraction of sp³-hybridized carbons (Fsp3) is 0.321. The van der Waals surface area contributed by atoms with Gasteiger partial charge in [-0.2, -0.15) is 0 Å². The zero-order valence-electron chi connectivity index (χ0n) is 22.4. The number of ether oxygens (including phenoxy) is 1. The summed E-state index contributed by atoms with van der Waals surface area (Å²) in [7, 11) is -1.47. The topological polar surface area (TPSA) is 118 Å². The van der Waals surface area contributed by atoms with Crippen molar-refractivity contribution in [2.24, 2.45) is 0 Å². The molecule has 0 spiro atoms. The van der Waals surface area contributed by atoms with Gasteiger partial charge in [0.1, 0.15) is 0 Å². The minimum absolute atomic E-state index is 0.157. The van der Waals surface area contributed by atoms with Crippen LogP contribution in [0.3, 0.4) is 0 Å². The summed E-state index contributed by atoms with van der Waals surface area (Å²) in [4.78, 5) is 23.8. The Morgan fingerprint density at radius 3 is 2.65 bits per heavy atom. The number of imidazole rings is 1. The molecule has 0 atom stereocenters. The first-order valence-electron chi connectivity index (χ1n) is 13.0. The highest BCUT2D eigenvalue weighted by Crippen LogP contribution is 2.28. The van der Waals surface area contributed by atoms with Gasteiger partial charge in [0.15, 0.2) is 32.9 Å². The van der Waals surface area contributed by atoms with Crippen LogP contribution in [0.15, 0.2) is 55.0 Å². The molecule has 1 aliphatic heterocycles. The van der Waals surface area contributed by atoms with Crippen molar-refractivity contribution in [2.45, 2.75) is 13.3 Å². The number of amides is 1. The average Bonchev–Trinajstić information content (AvgIpc) is 3.37. The van der Waals surface area contributed by atoms with Gasteiger partial charge in [0.05, 0.1) is 30.5 Å². The standard InChI is InChI=1S/C28H31FN6O4S/c1-19-16-21(5-6-22(19)28(36)31-8-3-10-34-12-14-40(37,38)15-13-34)33-26-27-32-18-24(35(27)11-9-30-26)20-4-7-25(39-2)23(29)17-20/h4-7,9,11,16-18H,3,8,10,12-15H2,1-2H3,(H,30,33)(H,31,36). The van der Waals surface area contributed by atoms with E-state index in [-0.39, 0.29) is 23.2 Å². The maximum absolute atomic E-state index is 14.3. The van der Waals surface area contributed by atoms with E-state index < -0.39 is 15.7 Å². The number of methoxy groups -OCH3 is 1. The minimum atomic E-state index is -2.89. The molecule has 3 heterocycles. The first-order valence-corrected chi connectivity index (χ1v) is 14.8. The summed E-state index contributed by atoms with van der Waals surface area (Å²) in [5.74, 6) is 0.480. The number of hydrogen-bond donors (Lipinski definition) is 2. The Labute approximate surface area is 232 Å². The third kappa shape index (κ3) is 6.07. The number of aryl methyl sites for hydroxylation is 1. The molecule has 5 rings (SSSR count). The van der Waals surface area contributed by atoms with Crippen LogP contribution in [0.2, 0.25) is 0 Å². The van der Waals surface area contributed by atoms with Crippen LogP contribution >= 0.6 is 0 Å². The fourth-order valence-electron chi connectivity index (χ4n) is 4.75. The second-order valence-electron chi connectivity index (χ2n) is 9.72. The third-order valence-corrected chi connectivity index (χ3v) is 8.59. The molecule has 40 heavy (non-hydrogen) atoms. The van der Waals surface area contributed by atoms with Gasteiger partial charge in [-0.25, -0.2) is 22.8 Å². The van der Waals surface area contributed by atoms with Crippen molar-refractivity contribution in [1.29, 1.82) is 0 Å². The first kappa shape index (κ1) is 27.5. The molecule has 0 unspecified atom stereocenters. The highest BCUT2D eigenvalue weighted by Gasteiger charge is 2.21. The lowest BCUT2D eigenvalue weighted by Crippen LogP contribution is -2.41. The van der Waals surface area contributed by atoms with Crippen LogP contribution in [-0.4, -0.2) is 78.4 Å². The Balaban J connectivity index is 1.22. The summed E-state index contributed by atoms with van der Waals surface area (Å²) in [6.07, 6.45) is 5.81. The quantitative estimate of drug-likeness (QED) is 0.296. The van der Waals surface area contributed by atoms with E-state index in [1.807, 2.05) is 23.5 Å². The maximum Gasteiger partial charge on any atom is 0.251 e. The lowest BCUT2D eigenvalue weighted by Gasteiger charge is -2.26. The Bertz CT molecular complexity index is 1640. The average molecular weight is 567 g/mol. The van der Waals surface area contributed by atoms with Crippen molar-refractivity contribution in [3.8, 4) is 17.0 Å². The number of anilines is 2. The van der Waals surface area contributed by atoms with Gasteiger partial charge >= 0.3 is 0 Å². The van der Waals surface area contributed by atoms with Crippen LogP contribution in [-0.2, 0) is 9.84 Å². The number of benzene rings is 2. The lowest BCUT2D eigenvalue weighted by molar-refractivity contribution is 0.0951. The largest absolute Gasteiger partial charge is 0.494 e. The molecular weight excluding hydrogens is 535 g/mol. The molecule has 12 heteroatoms. The van der Waals surface area contributed by atoms with Crippen molar-refractivity contribution < 1.29 is 22.3 Å². The van der Waals surface area contributed by atoms with Gasteiger partial charge in [-0.05, 0) is 61.9 Å². The summed E-state index contributed by atoms with van der Waals surface area (Å²) in [6.45, 7) is 4.22. The summed E-state index contributed by atoms with van der Waals surface area (Å²) < 4.78 is 44.3. The summed E-state index contributed by atoms with van der Waals surface area (Å²) in [5, 5.41) is 6.23. The van der Waals surface area contributed by atoms with Crippen molar-refractivity contribution >= 4 is 32.9 Å². The molecule has 0 radical (unpaired) electrons. The number of carbonyl (C=O) groups is 1. The molecule has 210 valence electrons. The van der Waals surface area contributed by atoms with Gasteiger partial charge in [-0.3, -0.25) is 9.20 Å². The highest BCUT2D eigenvalue weighted by molar-refractivity contribution is 7.91. The van der Waals surface area contributed by atoms with Crippen molar-refractivity contribution in [2.75, 3.05) is 50.1 Å². The second-order valence-corrected chi connectivity index (χ2v) is 12.0. The molecule has 1 fully saturated rings. The van der Waals surface area contributed by atoms with Gasteiger partial charge < -0.3 is 20.3 Å². The van der Waals surface area contributed by atoms with E-state index in [4.69, 9.17) is 4.74 Å². The summed E-state index contributed by atoms with van der Waals surface area (Å²) >= 11 is 0. The SMILES string of the molecule is COc1ccc(-c2cnc3c(Nc4ccc(C(=O)NCCCN5CCS(=O)(=O)CC5)c(C)c4)nccn23)cc1F. The van der Waals surface area contributed by atoms with Crippen LogP contribution in [0, 0.1) is 12.7 Å². The van der Waals surface area contributed by atoms with E-state index in [2.05, 4.69) is 25.5 Å². The van der Waals surface area contributed by atoms with E-state index in [1.54, 1.807) is 36.8 Å². The van der Waals surface area contributed by atoms with Crippen LogP contribution < -0.4 is 15.4 Å². The van der Waals surface area contributed by atoms with Crippen LogP contribution in [0.25, 0.3) is 16.9 Å². The van der Waals surface area contributed by atoms with Gasteiger partial charge in [-0.1, -0.05) is 0 Å². The highest BCUT2D eigenvalue weighted by atomic mass is 32.2. The Morgan fingerprint density at radius 2 is 1.93 bits per heavy atom. The molecule has 2 N–H and O–H groups in total. The number of aromatic nitrogens is 3. The van der Waals surface area contributed by atoms with Gasteiger partial charge in [-0.15, -0.1) is 0 Å². The number of nitrogens with one attached hydrogen (secondary N) is 2. The molecule has 1 aliphatic rings. The van der Waals surface area contributed by atoms with E-state index >= 15 is 0 Å². The van der Waals surface area contributed by atoms with Gasteiger partial charge in [0.25, 0.3) is 5.91 Å². The Hall–Kier alpha value is -4.03. The van der Waals surface area contributed by atoms with E-state index in [0.29, 0.717) is 47.9 Å².